The zero-order valence-corrected chi connectivity index (χ0v) is 14.3. The van der Waals surface area contributed by atoms with Crippen LogP contribution in [0.5, 0.6) is 5.88 Å². The number of anilines is 1. The summed E-state index contributed by atoms with van der Waals surface area (Å²) in [5.74, 6) is 1.20. The van der Waals surface area contributed by atoms with Gasteiger partial charge in [0.05, 0.1) is 0 Å². The van der Waals surface area contributed by atoms with Gasteiger partial charge in [-0.05, 0) is 35.7 Å². The van der Waals surface area contributed by atoms with E-state index in [-0.39, 0.29) is 6.10 Å². The maximum Gasteiger partial charge on any atom is 0.213 e. The Morgan fingerprint density at radius 1 is 1.12 bits per heavy atom. The number of ether oxygens (including phenoxy) is 1. The number of benzene rings is 1. The van der Waals surface area contributed by atoms with Crippen LogP contribution in [0.4, 0.5) is 5.69 Å². The van der Waals surface area contributed by atoms with Crippen LogP contribution in [0.1, 0.15) is 48.5 Å². The van der Waals surface area contributed by atoms with Crippen LogP contribution in [0.2, 0.25) is 0 Å². The zero-order chi connectivity index (χ0) is 16.9. The number of rotatable bonds is 5. The molecule has 0 amide bonds. The van der Waals surface area contributed by atoms with Crippen LogP contribution < -0.4 is 9.64 Å². The predicted molar refractivity (Wildman–Crippen MR) is 96.0 cm³/mol. The lowest BCUT2D eigenvalue weighted by molar-refractivity contribution is 0.112. The van der Waals surface area contributed by atoms with E-state index in [1.807, 2.05) is 36.5 Å². The van der Waals surface area contributed by atoms with E-state index in [1.165, 1.54) is 11.3 Å². The van der Waals surface area contributed by atoms with E-state index in [0.29, 0.717) is 17.4 Å². The molecule has 3 rings (SSSR count). The molecule has 1 aliphatic heterocycles. The number of nitrogens with zero attached hydrogens (tertiary/aromatic N) is 2. The first-order valence-corrected chi connectivity index (χ1v) is 8.58. The van der Waals surface area contributed by atoms with Crippen molar-refractivity contribution in [2.24, 2.45) is 0 Å². The van der Waals surface area contributed by atoms with Crippen LogP contribution in [-0.4, -0.2) is 30.5 Å². The summed E-state index contributed by atoms with van der Waals surface area (Å²) in [5.41, 5.74) is 3.11. The molecule has 2 aromatic rings. The van der Waals surface area contributed by atoms with E-state index in [1.54, 1.807) is 0 Å². The van der Waals surface area contributed by atoms with Gasteiger partial charge in [-0.15, -0.1) is 0 Å². The van der Waals surface area contributed by atoms with Gasteiger partial charge in [-0.3, -0.25) is 4.79 Å². The summed E-state index contributed by atoms with van der Waals surface area (Å²) in [7, 11) is 0. The van der Waals surface area contributed by atoms with Gasteiger partial charge in [-0.25, -0.2) is 4.98 Å². The summed E-state index contributed by atoms with van der Waals surface area (Å²) in [6.07, 6.45) is 4.95. The van der Waals surface area contributed by atoms with E-state index < -0.39 is 0 Å². The number of hydrogen-bond acceptors (Lipinski definition) is 4. The SMILES string of the molecule is CC(C)c1ccc(OC2CCN(c3ccc(C=O)cc3)CC2)nc1. The molecule has 24 heavy (non-hydrogen) atoms. The van der Waals surface area contributed by atoms with Crippen LogP contribution in [0.25, 0.3) is 0 Å². The van der Waals surface area contributed by atoms with Crippen molar-refractivity contribution in [1.82, 2.24) is 4.98 Å². The first-order valence-electron chi connectivity index (χ1n) is 8.58. The van der Waals surface area contributed by atoms with Crippen molar-refractivity contribution in [3.63, 3.8) is 0 Å². The Hall–Kier alpha value is -2.36. The minimum absolute atomic E-state index is 0.216. The van der Waals surface area contributed by atoms with E-state index in [4.69, 9.17) is 4.74 Å². The molecule has 1 saturated heterocycles. The third-order valence-electron chi connectivity index (χ3n) is 4.55. The fraction of sp³-hybridized carbons (Fsp3) is 0.400. The van der Waals surface area contributed by atoms with Crippen molar-refractivity contribution in [3.05, 3.63) is 53.7 Å². The molecular weight excluding hydrogens is 300 g/mol. The number of aromatic nitrogens is 1. The lowest BCUT2D eigenvalue weighted by Crippen LogP contribution is -2.38. The third-order valence-corrected chi connectivity index (χ3v) is 4.55. The molecule has 0 atom stereocenters. The molecule has 0 spiro atoms. The molecule has 0 unspecified atom stereocenters. The van der Waals surface area contributed by atoms with Crippen LogP contribution in [-0.2, 0) is 0 Å². The first-order chi connectivity index (χ1) is 11.7. The van der Waals surface area contributed by atoms with Gasteiger partial charge in [0, 0.05) is 49.4 Å². The average Bonchev–Trinajstić information content (AvgIpc) is 2.63. The van der Waals surface area contributed by atoms with Crippen molar-refractivity contribution < 1.29 is 9.53 Å². The quantitative estimate of drug-likeness (QED) is 0.778. The number of piperidine rings is 1. The molecule has 1 aromatic heterocycles. The maximum atomic E-state index is 10.7. The number of pyridine rings is 1. The summed E-state index contributed by atoms with van der Waals surface area (Å²) >= 11 is 0. The van der Waals surface area contributed by atoms with Crippen molar-refractivity contribution in [1.29, 1.82) is 0 Å². The van der Waals surface area contributed by atoms with Gasteiger partial charge < -0.3 is 9.64 Å². The minimum atomic E-state index is 0.216. The lowest BCUT2D eigenvalue weighted by Gasteiger charge is -2.33. The van der Waals surface area contributed by atoms with Gasteiger partial charge in [0.2, 0.25) is 5.88 Å². The molecule has 1 aliphatic rings. The second kappa shape index (κ2) is 7.47. The largest absolute Gasteiger partial charge is 0.474 e. The van der Waals surface area contributed by atoms with Crippen molar-refractivity contribution in [2.75, 3.05) is 18.0 Å². The summed E-state index contributed by atoms with van der Waals surface area (Å²) in [6, 6.07) is 11.8. The summed E-state index contributed by atoms with van der Waals surface area (Å²) in [4.78, 5) is 17.5. The molecule has 126 valence electrons. The molecule has 1 aromatic carbocycles. The van der Waals surface area contributed by atoms with Crippen LogP contribution in [0, 0.1) is 0 Å². The highest BCUT2D eigenvalue weighted by Crippen LogP contribution is 2.23. The van der Waals surface area contributed by atoms with E-state index in [9.17, 15) is 4.79 Å². The fourth-order valence-electron chi connectivity index (χ4n) is 2.97. The van der Waals surface area contributed by atoms with Crippen LogP contribution in [0.3, 0.4) is 0 Å². The second-order valence-electron chi connectivity index (χ2n) is 6.60. The van der Waals surface area contributed by atoms with Gasteiger partial charge in [0.25, 0.3) is 0 Å². The Labute approximate surface area is 143 Å². The highest BCUT2D eigenvalue weighted by atomic mass is 16.5. The van der Waals surface area contributed by atoms with Crippen LogP contribution in [0.15, 0.2) is 42.6 Å². The van der Waals surface area contributed by atoms with Crippen molar-refractivity contribution in [3.8, 4) is 5.88 Å². The minimum Gasteiger partial charge on any atom is -0.474 e. The Kier molecular flexibility index (Phi) is 5.14. The van der Waals surface area contributed by atoms with Gasteiger partial charge >= 0.3 is 0 Å². The Balaban J connectivity index is 1.53. The van der Waals surface area contributed by atoms with Gasteiger partial charge in [0.1, 0.15) is 12.4 Å². The second-order valence-corrected chi connectivity index (χ2v) is 6.60. The number of hydrogen-bond donors (Lipinski definition) is 0. The molecule has 0 bridgehead atoms. The van der Waals surface area contributed by atoms with Crippen molar-refractivity contribution >= 4 is 12.0 Å². The summed E-state index contributed by atoms with van der Waals surface area (Å²) in [6.45, 7) is 6.23. The molecule has 4 nitrogen and oxygen atoms in total. The number of carbonyl (C=O) groups excluding carboxylic acids is 1. The van der Waals surface area contributed by atoms with E-state index in [2.05, 4.69) is 29.8 Å². The normalized spacial score (nSPS) is 15.5. The molecule has 2 heterocycles. The van der Waals surface area contributed by atoms with Gasteiger partial charge in [-0.2, -0.15) is 0 Å². The van der Waals surface area contributed by atoms with Crippen molar-refractivity contribution in [2.45, 2.75) is 38.7 Å². The summed E-state index contributed by atoms with van der Waals surface area (Å²) in [5, 5.41) is 0. The van der Waals surface area contributed by atoms with E-state index >= 15 is 0 Å². The van der Waals surface area contributed by atoms with Gasteiger partial charge in [-0.1, -0.05) is 19.9 Å². The topological polar surface area (TPSA) is 42.4 Å². The highest BCUT2D eigenvalue weighted by Gasteiger charge is 2.21. The molecule has 0 aliphatic carbocycles. The lowest BCUT2D eigenvalue weighted by atomic mass is 10.1. The predicted octanol–water partition coefficient (Wildman–Crippen LogP) is 4.07. The van der Waals surface area contributed by atoms with E-state index in [0.717, 1.165) is 32.2 Å². The summed E-state index contributed by atoms with van der Waals surface area (Å²) < 4.78 is 6.03. The average molecular weight is 324 g/mol. The number of aldehydes is 1. The molecule has 0 radical (unpaired) electrons. The molecule has 0 saturated carbocycles. The third kappa shape index (κ3) is 3.94. The molecule has 1 fully saturated rings. The Morgan fingerprint density at radius 3 is 2.38 bits per heavy atom. The Morgan fingerprint density at radius 2 is 1.83 bits per heavy atom. The van der Waals surface area contributed by atoms with Crippen LogP contribution >= 0.6 is 0 Å². The molecule has 4 heteroatoms. The maximum absolute atomic E-state index is 10.7. The highest BCUT2D eigenvalue weighted by molar-refractivity contribution is 5.75. The molecular formula is C20H24N2O2. The monoisotopic (exact) mass is 324 g/mol. The molecule has 0 N–H and O–H groups in total. The smallest absolute Gasteiger partial charge is 0.213 e. The van der Waals surface area contributed by atoms with Gasteiger partial charge in [0.15, 0.2) is 0 Å². The Bertz CT molecular complexity index is 657. The standard InChI is InChI=1S/C20H24N2O2/c1-15(2)17-5-8-20(21-13-17)24-19-9-11-22(12-10-19)18-6-3-16(14-23)4-7-18/h3-8,13-15,19H,9-12H2,1-2H3. The number of carbonyl (C=O) groups is 1. The fourth-order valence-corrected chi connectivity index (χ4v) is 2.97. The first kappa shape index (κ1) is 16.5. The zero-order valence-electron chi connectivity index (χ0n) is 14.3.